The van der Waals surface area contributed by atoms with Crippen LogP contribution in [-0.4, -0.2) is 61.4 Å². The highest BCUT2D eigenvalue weighted by Gasteiger charge is 2.51. The minimum Gasteiger partial charge on any atom is -0.497 e. The monoisotopic (exact) mass is 387 g/mol. The van der Waals surface area contributed by atoms with Crippen LogP contribution in [0.15, 0.2) is 24.3 Å². The lowest BCUT2D eigenvalue weighted by atomic mass is 9.75. The Hall–Kier alpha value is -3.41. The van der Waals surface area contributed by atoms with Gasteiger partial charge in [-0.15, -0.1) is 0 Å². The van der Waals surface area contributed by atoms with Crippen molar-refractivity contribution in [3.63, 3.8) is 0 Å². The predicted molar refractivity (Wildman–Crippen MR) is 95.9 cm³/mol. The van der Waals surface area contributed by atoms with Crippen molar-refractivity contribution in [2.45, 2.75) is 12.8 Å². The second-order valence-corrected chi connectivity index (χ2v) is 6.21. The van der Waals surface area contributed by atoms with E-state index in [2.05, 4.69) is 0 Å². The SMILES string of the molecule is CCOC(=O)C(C#N)C(c1ccc(OC)cc1)C1C(=O)N(C)C(=O)N(C)C1=O. The highest BCUT2D eigenvalue weighted by molar-refractivity contribution is 6.16. The minimum atomic E-state index is -1.42. The Balaban J connectivity index is 2.60. The number of rotatable bonds is 6. The van der Waals surface area contributed by atoms with Crippen LogP contribution >= 0.6 is 0 Å². The molecule has 148 valence electrons. The van der Waals surface area contributed by atoms with E-state index in [0.717, 1.165) is 9.80 Å². The Morgan fingerprint density at radius 1 is 1.14 bits per heavy atom. The summed E-state index contributed by atoms with van der Waals surface area (Å²) in [4.78, 5) is 51.7. The van der Waals surface area contributed by atoms with Crippen molar-refractivity contribution in [1.29, 1.82) is 5.26 Å². The molecule has 9 heteroatoms. The second kappa shape index (κ2) is 8.52. The first kappa shape index (κ1) is 20.9. The fourth-order valence-corrected chi connectivity index (χ4v) is 3.16. The van der Waals surface area contributed by atoms with E-state index >= 15 is 0 Å². The molecule has 1 fully saturated rings. The van der Waals surface area contributed by atoms with E-state index in [-0.39, 0.29) is 6.61 Å². The number of amides is 4. The summed E-state index contributed by atoms with van der Waals surface area (Å²) in [7, 11) is 3.97. The van der Waals surface area contributed by atoms with E-state index in [9.17, 15) is 24.4 Å². The molecule has 1 saturated heterocycles. The van der Waals surface area contributed by atoms with Crippen LogP contribution in [0.1, 0.15) is 18.4 Å². The maximum absolute atomic E-state index is 12.8. The lowest BCUT2D eigenvalue weighted by Gasteiger charge is -2.37. The van der Waals surface area contributed by atoms with Gasteiger partial charge in [0.25, 0.3) is 0 Å². The van der Waals surface area contributed by atoms with Crippen LogP contribution < -0.4 is 4.74 Å². The molecule has 0 bridgehead atoms. The van der Waals surface area contributed by atoms with Crippen LogP contribution in [0, 0.1) is 23.2 Å². The zero-order valence-electron chi connectivity index (χ0n) is 16.0. The van der Waals surface area contributed by atoms with Crippen LogP contribution in [0.4, 0.5) is 4.79 Å². The van der Waals surface area contributed by atoms with Crippen molar-refractivity contribution in [3.8, 4) is 11.8 Å². The number of hydrogen-bond acceptors (Lipinski definition) is 7. The molecule has 1 aliphatic heterocycles. The zero-order chi connectivity index (χ0) is 21.0. The number of ether oxygens (including phenoxy) is 2. The van der Waals surface area contributed by atoms with Gasteiger partial charge in [0.15, 0.2) is 5.92 Å². The Morgan fingerprint density at radius 3 is 2.11 bits per heavy atom. The van der Waals surface area contributed by atoms with Crippen LogP contribution in [0.3, 0.4) is 0 Å². The molecular formula is C19H21N3O6. The Labute approximate surface area is 162 Å². The molecule has 1 aromatic carbocycles. The summed E-state index contributed by atoms with van der Waals surface area (Å²) in [6.07, 6.45) is 0. The molecule has 4 amide bonds. The molecule has 1 aliphatic rings. The maximum Gasteiger partial charge on any atom is 0.332 e. The standard InChI is InChI=1S/C19H21N3O6/c1-5-28-18(25)13(10-20)14(11-6-8-12(27-4)9-7-11)15-16(23)21(2)19(26)22(3)17(15)24/h6-9,13-15H,5H2,1-4H3. The van der Waals surface area contributed by atoms with Crippen molar-refractivity contribution < 1.29 is 28.7 Å². The third kappa shape index (κ3) is 3.67. The Morgan fingerprint density at radius 2 is 1.68 bits per heavy atom. The first-order chi connectivity index (χ1) is 13.3. The van der Waals surface area contributed by atoms with Crippen molar-refractivity contribution in [1.82, 2.24) is 9.80 Å². The molecule has 0 spiro atoms. The predicted octanol–water partition coefficient (Wildman–Crippen LogP) is 1.15. The minimum absolute atomic E-state index is 0.0389. The van der Waals surface area contributed by atoms with Gasteiger partial charge in [-0.3, -0.25) is 24.2 Å². The molecule has 0 saturated carbocycles. The van der Waals surface area contributed by atoms with Gasteiger partial charge in [-0.25, -0.2) is 4.79 Å². The average Bonchev–Trinajstić information content (AvgIpc) is 2.70. The molecule has 1 aromatic rings. The smallest absolute Gasteiger partial charge is 0.332 e. The van der Waals surface area contributed by atoms with Crippen molar-refractivity contribution in [2.24, 2.45) is 11.8 Å². The van der Waals surface area contributed by atoms with Gasteiger partial charge in [-0.05, 0) is 24.6 Å². The highest BCUT2D eigenvalue weighted by Crippen LogP contribution is 2.37. The first-order valence-corrected chi connectivity index (χ1v) is 8.57. The largest absolute Gasteiger partial charge is 0.497 e. The van der Waals surface area contributed by atoms with E-state index in [1.807, 2.05) is 6.07 Å². The molecule has 0 radical (unpaired) electrons. The summed E-state index contributed by atoms with van der Waals surface area (Å²) in [6.45, 7) is 1.63. The number of methoxy groups -OCH3 is 1. The maximum atomic E-state index is 12.8. The topological polar surface area (TPSA) is 117 Å². The van der Waals surface area contributed by atoms with E-state index in [1.54, 1.807) is 31.2 Å². The third-order valence-corrected chi connectivity index (χ3v) is 4.67. The summed E-state index contributed by atoms with van der Waals surface area (Å²) in [5.74, 6) is -5.84. The second-order valence-electron chi connectivity index (χ2n) is 6.21. The zero-order valence-corrected chi connectivity index (χ0v) is 16.0. The van der Waals surface area contributed by atoms with Crippen molar-refractivity contribution in [2.75, 3.05) is 27.8 Å². The van der Waals surface area contributed by atoms with Gasteiger partial charge < -0.3 is 9.47 Å². The van der Waals surface area contributed by atoms with Crippen molar-refractivity contribution in [3.05, 3.63) is 29.8 Å². The molecule has 2 rings (SSSR count). The van der Waals surface area contributed by atoms with Gasteiger partial charge in [0.1, 0.15) is 11.7 Å². The van der Waals surface area contributed by atoms with Gasteiger partial charge in [0, 0.05) is 20.0 Å². The molecule has 2 unspecified atom stereocenters. The number of imide groups is 2. The van der Waals surface area contributed by atoms with Gasteiger partial charge in [-0.1, -0.05) is 12.1 Å². The van der Waals surface area contributed by atoms with E-state index in [1.165, 1.54) is 21.2 Å². The van der Waals surface area contributed by atoms with E-state index < -0.39 is 41.6 Å². The summed E-state index contributed by atoms with van der Waals surface area (Å²) < 4.78 is 10.1. The number of nitrogens with zero attached hydrogens (tertiary/aromatic N) is 3. The molecule has 0 aromatic heterocycles. The number of esters is 1. The molecule has 1 heterocycles. The van der Waals surface area contributed by atoms with Gasteiger partial charge >= 0.3 is 12.0 Å². The normalized spacial score (nSPS) is 17.2. The van der Waals surface area contributed by atoms with E-state index in [4.69, 9.17) is 9.47 Å². The molecule has 9 nitrogen and oxygen atoms in total. The fourth-order valence-electron chi connectivity index (χ4n) is 3.16. The summed E-state index contributed by atoms with van der Waals surface area (Å²) in [5, 5.41) is 9.65. The fraction of sp³-hybridized carbons (Fsp3) is 0.421. The van der Waals surface area contributed by atoms with Crippen molar-refractivity contribution >= 4 is 23.8 Å². The van der Waals surface area contributed by atoms with Gasteiger partial charge in [0.05, 0.1) is 19.8 Å². The Kier molecular flexibility index (Phi) is 6.36. The van der Waals surface area contributed by atoms with Crippen LogP contribution in [0.2, 0.25) is 0 Å². The number of urea groups is 1. The molecule has 0 aliphatic carbocycles. The van der Waals surface area contributed by atoms with Gasteiger partial charge in [0.2, 0.25) is 11.8 Å². The number of hydrogen-bond donors (Lipinski definition) is 0. The number of carbonyl (C=O) groups is 4. The van der Waals surface area contributed by atoms with E-state index in [0.29, 0.717) is 11.3 Å². The number of benzene rings is 1. The number of carbonyl (C=O) groups excluding carboxylic acids is 4. The number of nitriles is 1. The number of barbiturate groups is 1. The van der Waals surface area contributed by atoms with Crippen LogP contribution in [0.25, 0.3) is 0 Å². The van der Waals surface area contributed by atoms with Gasteiger partial charge in [-0.2, -0.15) is 5.26 Å². The lowest BCUT2D eigenvalue weighted by molar-refractivity contribution is -0.152. The highest BCUT2D eigenvalue weighted by atomic mass is 16.5. The third-order valence-electron chi connectivity index (χ3n) is 4.67. The quantitative estimate of drug-likeness (QED) is 0.531. The summed E-state index contributed by atoms with van der Waals surface area (Å²) in [6, 6.07) is 7.43. The van der Waals surface area contributed by atoms with Crippen LogP contribution in [0.5, 0.6) is 5.75 Å². The molecule has 2 atom stereocenters. The molecule has 28 heavy (non-hydrogen) atoms. The molecular weight excluding hydrogens is 366 g/mol. The lowest BCUT2D eigenvalue weighted by Crippen LogP contribution is -2.59. The first-order valence-electron chi connectivity index (χ1n) is 8.57. The summed E-state index contributed by atoms with van der Waals surface area (Å²) >= 11 is 0. The van der Waals surface area contributed by atoms with Crippen LogP contribution in [-0.2, 0) is 19.1 Å². The summed E-state index contributed by atoms with van der Waals surface area (Å²) in [5.41, 5.74) is 0.406. The average molecular weight is 387 g/mol. The Bertz CT molecular complexity index is 805. The molecule has 0 N–H and O–H groups in total.